The van der Waals surface area contributed by atoms with E-state index in [1.807, 2.05) is 0 Å². The Kier molecular flexibility index (Phi) is 0.333. The van der Waals surface area contributed by atoms with E-state index in [1.165, 1.54) is 0 Å². The second kappa shape index (κ2) is 1.33. The van der Waals surface area contributed by atoms with Crippen LogP contribution in [0.3, 0.4) is 0 Å². The van der Waals surface area contributed by atoms with Crippen molar-refractivity contribution in [3.8, 4) is 0 Å². The van der Waals surface area contributed by atoms with E-state index < -0.39 is 12.8 Å². The molecule has 0 aromatic carbocycles. The molecule has 0 aliphatic carbocycles. The van der Waals surface area contributed by atoms with Crippen LogP contribution in [-0.2, 0) is 0 Å². The standard InChI is InChI=1S/C4H10/c1-4(2)3/h4H,1-3H3/i1D2,4D. The molecule has 0 amide bonds. The molecule has 0 nitrogen and oxygen atoms in total. The van der Waals surface area contributed by atoms with Crippen LogP contribution in [0.4, 0.5) is 0 Å². The minimum atomic E-state index is -1.03. The van der Waals surface area contributed by atoms with Crippen LogP contribution in [0.25, 0.3) is 0 Å². The molecule has 26 valence electrons. The summed E-state index contributed by atoms with van der Waals surface area (Å²) in [5, 5.41) is 0. The van der Waals surface area contributed by atoms with Crippen molar-refractivity contribution in [1.82, 2.24) is 0 Å². The normalized spacial score (nSPS) is 23.2. The fraction of sp³-hybridized carbons (Fsp3) is 1.00. The highest BCUT2D eigenvalue weighted by Crippen LogP contribution is 1.81. The molecule has 0 unspecified atom stereocenters. The molecular weight excluding hydrogens is 48.0 g/mol. The molecule has 0 aliphatic rings. The van der Waals surface area contributed by atoms with Gasteiger partial charge in [-0.1, -0.05) is 20.7 Å². The predicted octanol–water partition coefficient (Wildman–Crippen LogP) is 1.66. The van der Waals surface area contributed by atoms with E-state index in [0.29, 0.717) is 0 Å². The maximum absolute atomic E-state index is 7.01. The van der Waals surface area contributed by atoms with Gasteiger partial charge in [0.1, 0.15) is 0 Å². The summed E-state index contributed by atoms with van der Waals surface area (Å²) in [5.74, 6) is -0.917. The summed E-state index contributed by atoms with van der Waals surface area (Å²) in [6.07, 6.45) is 0. The first-order valence-electron chi connectivity index (χ1n) is 2.94. The van der Waals surface area contributed by atoms with Crippen LogP contribution in [0.2, 0.25) is 0 Å². The van der Waals surface area contributed by atoms with E-state index in [4.69, 9.17) is 4.11 Å². The van der Waals surface area contributed by atoms with Gasteiger partial charge in [0.05, 0.1) is 0 Å². The van der Waals surface area contributed by atoms with E-state index in [9.17, 15) is 0 Å². The lowest BCUT2D eigenvalue weighted by atomic mass is 10.3. The molecule has 0 aromatic rings. The maximum Gasteiger partial charge on any atom is 0.0294 e. The summed E-state index contributed by atoms with van der Waals surface area (Å²) < 4.78 is 20.4. The summed E-state index contributed by atoms with van der Waals surface area (Å²) in [7, 11) is 0. The van der Waals surface area contributed by atoms with Crippen LogP contribution in [-0.4, -0.2) is 0 Å². The molecule has 0 N–H and O–H groups in total. The van der Waals surface area contributed by atoms with Gasteiger partial charge in [0, 0.05) is 4.11 Å². The molecule has 4 heavy (non-hydrogen) atoms. The first-order chi connectivity index (χ1) is 2.94. The van der Waals surface area contributed by atoms with Crippen LogP contribution in [0.5, 0.6) is 0 Å². The molecule has 0 saturated heterocycles. The highest BCUT2D eigenvalue weighted by Gasteiger charge is 1.68. The van der Waals surface area contributed by atoms with Gasteiger partial charge in [-0.25, -0.2) is 0 Å². The molecule has 0 atom stereocenters. The molecule has 0 bridgehead atoms. The molecule has 0 spiro atoms. The van der Waals surface area contributed by atoms with Gasteiger partial charge in [-0.15, -0.1) is 0 Å². The smallest absolute Gasteiger partial charge is 0.0294 e. The van der Waals surface area contributed by atoms with Gasteiger partial charge in [0.2, 0.25) is 0 Å². The van der Waals surface area contributed by atoms with Crippen LogP contribution in [0, 0.1) is 5.89 Å². The number of hydrogen-bond donors (Lipinski definition) is 0. The van der Waals surface area contributed by atoms with Gasteiger partial charge in [0.15, 0.2) is 0 Å². The van der Waals surface area contributed by atoms with Crippen LogP contribution in [0.15, 0.2) is 0 Å². The minimum Gasteiger partial charge on any atom is -0.0630 e. The number of hydrogen-bond acceptors (Lipinski definition) is 0. The van der Waals surface area contributed by atoms with Gasteiger partial charge in [-0.2, -0.15) is 0 Å². The molecule has 0 heterocycles. The third kappa shape index (κ3) is 0. The first-order valence-corrected chi connectivity index (χ1v) is 1.29. The van der Waals surface area contributed by atoms with Gasteiger partial charge in [-0.05, 0) is 5.89 Å². The maximum atomic E-state index is 7.01. The Morgan fingerprint density at radius 2 is 2.25 bits per heavy atom. The second-order valence-corrected chi connectivity index (χ2v) is 1.08. The summed E-state index contributed by atoms with van der Waals surface area (Å²) >= 11 is 0. The zero-order valence-corrected chi connectivity index (χ0v) is 3.08. The molecule has 0 heteroatoms. The van der Waals surface area contributed by atoms with Crippen LogP contribution >= 0.6 is 0 Å². The Labute approximate surface area is 32.0 Å². The molecule has 0 saturated carbocycles. The van der Waals surface area contributed by atoms with E-state index in [2.05, 4.69) is 0 Å². The minimum absolute atomic E-state index is 0.917. The van der Waals surface area contributed by atoms with Gasteiger partial charge < -0.3 is 0 Å². The monoisotopic (exact) mass is 61.1 g/mol. The van der Waals surface area contributed by atoms with Crippen molar-refractivity contribution in [3.05, 3.63) is 0 Å². The fourth-order valence-corrected chi connectivity index (χ4v) is 0. The lowest BCUT2D eigenvalue weighted by Crippen LogP contribution is -1.66. The van der Waals surface area contributed by atoms with Crippen LogP contribution in [0.1, 0.15) is 24.8 Å². The molecule has 0 rings (SSSR count). The predicted molar refractivity (Wildman–Crippen MR) is 20.5 cm³/mol. The summed E-state index contributed by atoms with van der Waals surface area (Å²) in [6, 6.07) is 0. The van der Waals surface area contributed by atoms with E-state index in [0.717, 1.165) is 0 Å². The largest absolute Gasteiger partial charge is 0.0630 e. The Hall–Kier alpha value is 0. The van der Waals surface area contributed by atoms with Crippen molar-refractivity contribution in [3.63, 3.8) is 0 Å². The van der Waals surface area contributed by atoms with Crippen molar-refractivity contribution < 1.29 is 4.11 Å². The SMILES string of the molecule is [2H]C([2H])C([2H])(C)C. The van der Waals surface area contributed by atoms with Crippen molar-refractivity contribution >= 4 is 0 Å². The highest BCUT2D eigenvalue weighted by atomic mass is 13.7. The highest BCUT2D eigenvalue weighted by molar-refractivity contribution is 4.20. The lowest BCUT2D eigenvalue weighted by Gasteiger charge is -1.79. The molecule has 0 aromatic heterocycles. The van der Waals surface area contributed by atoms with Crippen molar-refractivity contribution in [2.45, 2.75) is 20.7 Å². The van der Waals surface area contributed by atoms with E-state index >= 15 is 0 Å². The molecule has 0 radical (unpaired) electrons. The number of rotatable bonds is 0. The zero-order chi connectivity index (χ0) is 6.08. The van der Waals surface area contributed by atoms with Crippen LogP contribution < -0.4 is 0 Å². The Balaban J connectivity index is 3.54. The molecule has 0 fully saturated rings. The first kappa shape index (κ1) is 1.00. The second-order valence-electron chi connectivity index (χ2n) is 1.08. The lowest BCUT2D eigenvalue weighted by molar-refractivity contribution is 0.737. The third-order valence-corrected chi connectivity index (χ3v) is 0. The summed E-state index contributed by atoms with van der Waals surface area (Å²) in [6.45, 7) is 2.07. The van der Waals surface area contributed by atoms with Gasteiger partial charge in [0.25, 0.3) is 0 Å². The topological polar surface area (TPSA) is 0 Å². The average molecular weight is 61.1 g/mol. The zero-order valence-electron chi connectivity index (χ0n) is 6.08. The van der Waals surface area contributed by atoms with Crippen molar-refractivity contribution in [1.29, 1.82) is 0 Å². The Bertz CT molecular complexity index is 52.4. The van der Waals surface area contributed by atoms with Crippen molar-refractivity contribution in [2.24, 2.45) is 5.89 Å². The van der Waals surface area contributed by atoms with Gasteiger partial charge >= 0.3 is 0 Å². The van der Waals surface area contributed by atoms with E-state index in [1.54, 1.807) is 13.8 Å². The Morgan fingerprint density at radius 3 is 2.25 bits per heavy atom. The third-order valence-electron chi connectivity index (χ3n) is 0. The molecular formula is C4H10. The fourth-order valence-electron chi connectivity index (χ4n) is 0. The Morgan fingerprint density at radius 1 is 2.00 bits per heavy atom. The summed E-state index contributed by atoms with van der Waals surface area (Å²) in [5.41, 5.74) is 0. The van der Waals surface area contributed by atoms with Gasteiger partial charge in [-0.3, -0.25) is 0 Å². The quantitative estimate of drug-likeness (QED) is 0.399. The van der Waals surface area contributed by atoms with E-state index in [-0.39, 0.29) is 0 Å². The molecule has 0 aliphatic heterocycles. The average Bonchev–Trinajstić information content (AvgIpc) is 1.31. The summed E-state index contributed by atoms with van der Waals surface area (Å²) in [4.78, 5) is 0. The van der Waals surface area contributed by atoms with Crippen molar-refractivity contribution in [2.75, 3.05) is 0 Å².